The number of anilines is 2. The Morgan fingerprint density at radius 2 is 1.91 bits per heavy atom. The third-order valence-corrected chi connectivity index (χ3v) is 6.97. The molecular weight excluding hydrogens is 583 g/mol. The predicted octanol–water partition coefficient (Wildman–Crippen LogP) is 6.02. The van der Waals surface area contributed by atoms with E-state index in [9.17, 15) is 14.0 Å². The van der Waals surface area contributed by atoms with Gasteiger partial charge in [0.1, 0.15) is 15.7 Å². The van der Waals surface area contributed by atoms with Crippen LogP contribution in [0.4, 0.5) is 15.2 Å². The molecule has 2 aromatic heterocycles. The average Bonchev–Trinajstić information content (AvgIpc) is 3.29. The Morgan fingerprint density at radius 3 is 2.57 bits per heavy atom. The molecule has 2 heterocycles. The zero-order valence-electron chi connectivity index (χ0n) is 18.9. The fraction of sp³-hybridized carbons (Fsp3) is 0.273. The monoisotopic (exact) mass is 602 g/mol. The van der Waals surface area contributed by atoms with Crippen molar-refractivity contribution in [1.29, 1.82) is 0 Å². The van der Waals surface area contributed by atoms with Crippen molar-refractivity contribution < 1.29 is 23.5 Å². The van der Waals surface area contributed by atoms with Crippen molar-refractivity contribution in [2.75, 3.05) is 23.8 Å². The van der Waals surface area contributed by atoms with Gasteiger partial charge in [-0.3, -0.25) is 4.68 Å². The van der Waals surface area contributed by atoms with Crippen LogP contribution in [-0.4, -0.2) is 40.0 Å². The summed E-state index contributed by atoms with van der Waals surface area (Å²) >= 11 is 15.9. The normalized spacial score (nSPS) is 10.7. The predicted molar refractivity (Wildman–Crippen MR) is 141 cm³/mol. The zero-order valence-corrected chi connectivity index (χ0v) is 22.9. The summed E-state index contributed by atoms with van der Waals surface area (Å²) in [7, 11) is 0. The second-order valence-corrected chi connectivity index (χ2v) is 9.69. The van der Waals surface area contributed by atoms with Gasteiger partial charge >= 0.3 is 11.9 Å². The van der Waals surface area contributed by atoms with Gasteiger partial charge in [-0.1, -0.05) is 17.7 Å². The maximum absolute atomic E-state index is 14.1. The average molecular weight is 604 g/mol. The number of thiophene rings is 1. The van der Waals surface area contributed by atoms with Crippen molar-refractivity contribution in [3.05, 3.63) is 61.3 Å². The van der Waals surface area contributed by atoms with Crippen molar-refractivity contribution >= 4 is 79.0 Å². The minimum atomic E-state index is -0.589. The summed E-state index contributed by atoms with van der Waals surface area (Å²) in [4.78, 5) is 25.2. The lowest BCUT2D eigenvalue weighted by molar-refractivity contribution is 0.0527. The van der Waals surface area contributed by atoms with Gasteiger partial charge in [0.05, 0.1) is 29.8 Å². The van der Waals surface area contributed by atoms with Crippen LogP contribution in [0.3, 0.4) is 0 Å². The molecule has 8 nitrogen and oxygen atoms in total. The Kier molecular flexibility index (Phi) is 9.22. The molecule has 0 fully saturated rings. The van der Waals surface area contributed by atoms with E-state index >= 15 is 0 Å². The number of thiocarbonyl (C=S) groups is 1. The first kappa shape index (κ1) is 27.1. The lowest BCUT2D eigenvalue weighted by Gasteiger charge is -2.10. The molecule has 2 N–H and O–H groups in total. The van der Waals surface area contributed by atoms with E-state index in [1.165, 1.54) is 16.8 Å². The summed E-state index contributed by atoms with van der Waals surface area (Å²) in [5.41, 5.74) is 0.934. The molecule has 0 saturated carbocycles. The van der Waals surface area contributed by atoms with E-state index in [1.54, 1.807) is 33.0 Å². The Labute approximate surface area is 223 Å². The number of aromatic nitrogens is 2. The van der Waals surface area contributed by atoms with Crippen LogP contribution >= 0.6 is 51.1 Å². The van der Waals surface area contributed by atoms with E-state index in [2.05, 4.69) is 31.7 Å². The van der Waals surface area contributed by atoms with Crippen LogP contribution in [0.1, 0.15) is 45.0 Å². The molecule has 35 heavy (non-hydrogen) atoms. The van der Waals surface area contributed by atoms with Crippen molar-refractivity contribution in [3.63, 3.8) is 0 Å². The van der Waals surface area contributed by atoms with Gasteiger partial charge in [-0.25, -0.2) is 14.0 Å². The molecule has 1 aromatic carbocycles. The van der Waals surface area contributed by atoms with Gasteiger partial charge in [0.25, 0.3) is 0 Å². The number of hydrogen-bond donors (Lipinski definition) is 2. The van der Waals surface area contributed by atoms with E-state index in [-0.39, 0.29) is 35.3 Å². The van der Waals surface area contributed by atoms with Crippen LogP contribution in [0.5, 0.6) is 0 Å². The molecule has 0 unspecified atom stereocenters. The summed E-state index contributed by atoms with van der Waals surface area (Å²) in [5.74, 6) is -1.21. The molecule has 0 aliphatic rings. The highest BCUT2D eigenvalue weighted by molar-refractivity contribution is 9.10. The molecule has 0 amide bonds. The van der Waals surface area contributed by atoms with Crippen LogP contribution in [-0.2, 0) is 16.0 Å². The number of carbonyl (C=O) groups is 2. The molecule has 0 atom stereocenters. The van der Waals surface area contributed by atoms with Gasteiger partial charge in [0.15, 0.2) is 10.9 Å². The molecule has 3 rings (SSSR count). The van der Waals surface area contributed by atoms with Gasteiger partial charge in [-0.05, 0) is 66.6 Å². The summed E-state index contributed by atoms with van der Waals surface area (Å²) in [6.07, 6.45) is 1.64. The number of carbonyl (C=O) groups excluding carboxylic acids is 2. The van der Waals surface area contributed by atoms with E-state index in [0.29, 0.717) is 31.4 Å². The van der Waals surface area contributed by atoms with Gasteiger partial charge in [0.2, 0.25) is 0 Å². The van der Waals surface area contributed by atoms with E-state index < -0.39 is 17.8 Å². The number of nitrogens with one attached hydrogen (secondary N) is 2. The standard InChI is InChI=1S/C22H21BrClFN4O4S2/c1-4-32-20(30)16-11(3)17(21(31)33-5-2)35-19(16)27-22(34)26-18-13(23)10-29(28-18)9-12-14(24)7-6-8-15(12)25/h6-8,10H,4-5,9H2,1-3H3,(H2,26,27,28,34). The molecule has 3 aromatic rings. The quantitative estimate of drug-likeness (QED) is 0.239. The SMILES string of the molecule is CCOC(=O)c1sc(NC(=S)Nc2nn(Cc3c(F)cccc3Cl)cc2Br)c(C(=O)OCC)c1C. The summed E-state index contributed by atoms with van der Waals surface area (Å²) in [6.45, 7) is 5.49. The van der Waals surface area contributed by atoms with Crippen LogP contribution in [0.25, 0.3) is 0 Å². The number of nitrogens with zero attached hydrogens (tertiary/aromatic N) is 2. The second-order valence-electron chi connectivity index (χ2n) is 7.00. The largest absolute Gasteiger partial charge is 0.462 e. The molecule has 0 aliphatic heterocycles. The van der Waals surface area contributed by atoms with Crippen LogP contribution < -0.4 is 10.6 Å². The maximum atomic E-state index is 14.1. The molecule has 0 bridgehead atoms. The molecular formula is C22H21BrClFN4O4S2. The lowest BCUT2D eigenvalue weighted by Crippen LogP contribution is -2.21. The Bertz CT molecular complexity index is 1260. The van der Waals surface area contributed by atoms with Crippen LogP contribution in [0.2, 0.25) is 5.02 Å². The summed E-state index contributed by atoms with van der Waals surface area (Å²) in [6, 6.07) is 4.46. The number of benzene rings is 1. The van der Waals surface area contributed by atoms with Crippen LogP contribution in [0.15, 0.2) is 28.9 Å². The highest BCUT2D eigenvalue weighted by Crippen LogP contribution is 2.34. The van der Waals surface area contributed by atoms with Crippen LogP contribution in [0, 0.1) is 12.7 Å². The first-order valence-corrected chi connectivity index (χ1v) is 12.8. The highest BCUT2D eigenvalue weighted by Gasteiger charge is 2.27. The highest BCUT2D eigenvalue weighted by atomic mass is 79.9. The Balaban J connectivity index is 1.81. The maximum Gasteiger partial charge on any atom is 0.348 e. The fourth-order valence-corrected chi connectivity index (χ4v) is 5.09. The fourth-order valence-electron chi connectivity index (χ4n) is 3.09. The van der Waals surface area contributed by atoms with E-state index in [1.807, 2.05) is 0 Å². The molecule has 0 saturated heterocycles. The summed E-state index contributed by atoms with van der Waals surface area (Å²) in [5, 5.41) is 11.0. The van der Waals surface area contributed by atoms with Gasteiger partial charge in [-0.15, -0.1) is 11.3 Å². The van der Waals surface area contributed by atoms with E-state index in [4.69, 9.17) is 33.3 Å². The minimum Gasteiger partial charge on any atom is -0.462 e. The zero-order chi connectivity index (χ0) is 25.7. The van der Waals surface area contributed by atoms with Crippen molar-refractivity contribution in [3.8, 4) is 0 Å². The Hall–Kier alpha value is -2.54. The number of hydrogen-bond acceptors (Lipinski definition) is 7. The van der Waals surface area contributed by atoms with Gasteiger partial charge in [-0.2, -0.15) is 5.10 Å². The molecule has 13 heteroatoms. The second kappa shape index (κ2) is 11.9. The van der Waals surface area contributed by atoms with Gasteiger partial charge in [0, 0.05) is 16.8 Å². The number of halogens is 3. The molecule has 0 aliphatic carbocycles. The third-order valence-electron chi connectivity index (χ3n) is 4.64. The van der Waals surface area contributed by atoms with Crippen molar-refractivity contribution in [2.45, 2.75) is 27.3 Å². The first-order valence-electron chi connectivity index (χ1n) is 10.4. The smallest absolute Gasteiger partial charge is 0.348 e. The minimum absolute atomic E-state index is 0.103. The number of rotatable bonds is 8. The van der Waals surface area contributed by atoms with Crippen molar-refractivity contribution in [1.82, 2.24) is 9.78 Å². The van der Waals surface area contributed by atoms with Gasteiger partial charge < -0.3 is 20.1 Å². The molecule has 0 spiro atoms. The number of esters is 2. The lowest BCUT2D eigenvalue weighted by atomic mass is 10.1. The van der Waals surface area contributed by atoms with Crippen molar-refractivity contribution in [2.24, 2.45) is 0 Å². The summed E-state index contributed by atoms with van der Waals surface area (Å²) < 4.78 is 26.4. The topological polar surface area (TPSA) is 94.5 Å². The van der Waals surface area contributed by atoms with E-state index in [0.717, 1.165) is 11.3 Å². The first-order chi connectivity index (χ1) is 16.7. The third kappa shape index (κ3) is 6.37. The molecule has 0 radical (unpaired) electrons. The Morgan fingerprint density at radius 1 is 1.23 bits per heavy atom. The molecule has 186 valence electrons. The number of ether oxygens (including phenoxy) is 2.